The van der Waals surface area contributed by atoms with Crippen LogP contribution in [0.25, 0.3) is 0 Å². The van der Waals surface area contributed by atoms with Gasteiger partial charge in [-0.25, -0.2) is 0 Å². The van der Waals surface area contributed by atoms with E-state index >= 15 is 0 Å². The summed E-state index contributed by atoms with van der Waals surface area (Å²) < 4.78 is 0. The Balaban J connectivity index is 1.27. The number of hydrogen-bond donors (Lipinski definition) is 0. The van der Waals surface area contributed by atoms with Gasteiger partial charge in [0.2, 0.25) is 0 Å². The highest BCUT2D eigenvalue weighted by Gasteiger charge is 2.17. The fourth-order valence-electron chi connectivity index (χ4n) is 5.35. The quantitative estimate of drug-likeness (QED) is 0.171. The van der Waals surface area contributed by atoms with E-state index in [-0.39, 0.29) is 0 Å². The molecule has 184 valence electrons. The van der Waals surface area contributed by atoms with Gasteiger partial charge in [0.05, 0.1) is 0 Å². The third-order valence-corrected chi connectivity index (χ3v) is 7.51. The first kappa shape index (κ1) is 27.3. The van der Waals surface area contributed by atoms with Gasteiger partial charge in [-0.3, -0.25) is 0 Å². The predicted molar refractivity (Wildman–Crippen MR) is 145 cm³/mol. The van der Waals surface area contributed by atoms with Crippen LogP contribution in [0.3, 0.4) is 0 Å². The maximum absolute atomic E-state index is 2.62. The highest BCUT2D eigenvalue weighted by atomic mass is 15.1. The van der Waals surface area contributed by atoms with Gasteiger partial charge in [0.25, 0.3) is 0 Å². The molecule has 1 aromatic carbocycles. The first-order chi connectivity index (χ1) is 15.8. The maximum atomic E-state index is 2.62. The van der Waals surface area contributed by atoms with Gasteiger partial charge in [0, 0.05) is 18.8 Å². The Morgan fingerprint density at radius 2 is 1.03 bits per heavy atom. The zero-order chi connectivity index (χ0) is 22.7. The summed E-state index contributed by atoms with van der Waals surface area (Å²) in [5, 5.41) is 0. The maximum Gasteiger partial charge on any atom is 0.0402 e. The number of fused-ring (bicyclic) bond motifs is 1. The summed E-state index contributed by atoms with van der Waals surface area (Å²) >= 11 is 0. The fourth-order valence-corrected chi connectivity index (χ4v) is 5.35. The largest absolute Gasteiger partial charge is 0.371 e. The second kappa shape index (κ2) is 18.4. The lowest BCUT2D eigenvalue weighted by atomic mass is 10.0. The third kappa shape index (κ3) is 12.3. The Hall–Kier alpha value is -0.980. The third-order valence-electron chi connectivity index (χ3n) is 7.51. The summed E-state index contributed by atoms with van der Waals surface area (Å²) in [6, 6.07) is 6.99. The highest BCUT2D eigenvalue weighted by Crippen LogP contribution is 2.29. The topological polar surface area (TPSA) is 3.24 Å². The molecule has 0 saturated heterocycles. The number of benzene rings is 1. The lowest BCUT2D eigenvalue weighted by molar-refractivity contribution is 0.521. The van der Waals surface area contributed by atoms with Gasteiger partial charge in [-0.1, -0.05) is 141 Å². The molecule has 0 aromatic heterocycles. The molecule has 0 radical (unpaired) electrons. The smallest absolute Gasteiger partial charge is 0.0402 e. The molecule has 0 aliphatic carbocycles. The Morgan fingerprint density at radius 1 is 0.594 bits per heavy atom. The summed E-state index contributed by atoms with van der Waals surface area (Å²) in [5.41, 5.74) is 4.48. The molecule has 0 bridgehead atoms. The summed E-state index contributed by atoms with van der Waals surface area (Å²) in [4.78, 5) is 2.62. The number of anilines is 1. The highest BCUT2D eigenvalue weighted by molar-refractivity contribution is 5.59. The van der Waals surface area contributed by atoms with Crippen LogP contribution in [0.1, 0.15) is 146 Å². The van der Waals surface area contributed by atoms with Crippen LogP contribution in [-0.4, -0.2) is 13.1 Å². The van der Waals surface area contributed by atoms with Crippen LogP contribution in [0.5, 0.6) is 0 Å². The van der Waals surface area contributed by atoms with Crippen molar-refractivity contribution in [2.75, 3.05) is 18.0 Å². The zero-order valence-corrected chi connectivity index (χ0v) is 21.9. The van der Waals surface area contributed by atoms with Crippen LogP contribution in [0, 0.1) is 6.92 Å². The average Bonchev–Trinajstić information content (AvgIpc) is 3.19. The molecular formula is C31H55N. The zero-order valence-electron chi connectivity index (χ0n) is 21.9. The Bertz CT molecular complexity index is 564. The molecule has 0 N–H and O–H groups in total. The van der Waals surface area contributed by atoms with Crippen molar-refractivity contribution < 1.29 is 0 Å². The molecule has 1 nitrogen and oxygen atoms in total. The molecule has 1 aromatic rings. The molecule has 2 rings (SSSR count). The Labute approximate surface area is 201 Å². The minimum atomic E-state index is 1.23. The number of aryl methyl sites for hydroxylation is 1. The number of hydrogen-bond acceptors (Lipinski definition) is 1. The monoisotopic (exact) mass is 441 g/mol. The molecule has 1 heteroatoms. The number of unbranched alkanes of at least 4 members (excludes halogenated alkanes) is 19. The van der Waals surface area contributed by atoms with Gasteiger partial charge in [-0.05, 0) is 37.0 Å². The van der Waals surface area contributed by atoms with E-state index in [0.717, 1.165) is 0 Å². The molecule has 0 atom stereocenters. The minimum Gasteiger partial charge on any atom is -0.371 e. The van der Waals surface area contributed by atoms with E-state index in [2.05, 4.69) is 36.9 Å². The molecule has 0 unspecified atom stereocenters. The molecule has 1 aliphatic rings. The molecule has 32 heavy (non-hydrogen) atoms. The normalized spacial score (nSPS) is 13.1. The van der Waals surface area contributed by atoms with E-state index in [9.17, 15) is 0 Å². The van der Waals surface area contributed by atoms with Crippen LogP contribution in [0.4, 0.5) is 5.69 Å². The Kier molecular flexibility index (Phi) is 15.7. The van der Waals surface area contributed by atoms with Crippen molar-refractivity contribution in [1.82, 2.24) is 0 Å². The van der Waals surface area contributed by atoms with Crippen molar-refractivity contribution in [3.8, 4) is 0 Å². The summed E-state index contributed by atoms with van der Waals surface area (Å²) in [6.07, 6.45) is 30.4. The van der Waals surface area contributed by atoms with Crippen LogP contribution in [0.2, 0.25) is 0 Å². The van der Waals surface area contributed by atoms with Crippen molar-refractivity contribution in [3.63, 3.8) is 0 Å². The second-order valence-electron chi connectivity index (χ2n) is 10.6. The van der Waals surface area contributed by atoms with Crippen LogP contribution in [0.15, 0.2) is 18.2 Å². The molecule has 0 fully saturated rings. The summed E-state index contributed by atoms with van der Waals surface area (Å²) in [7, 11) is 0. The van der Waals surface area contributed by atoms with Crippen molar-refractivity contribution in [3.05, 3.63) is 29.3 Å². The molecule has 1 heterocycles. The SMILES string of the molecule is CCCCCCCCCCCCCCCCCCCCCCN1CCc2ccc(C)cc21. The van der Waals surface area contributed by atoms with Crippen molar-refractivity contribution in [1.29, 1.82) is 0 Å². The van der Waals surface area contributed by atoms with E-state index < -0.39 is 0 Å². The summed E-state index contributed by atoms with van der Waals surface area (Å²) in [5.74, 6) is 0. The standard InChI is InChI=1S/C31H55N/c1-3-4-5-6-7-8-9-10-11-12-13-14-15-16-17-18-19-20-21-22-26-32-27-25-30-24-23-29(2)28-31(30)32/h23-24,28H,3-22,25-27H2,1-2H3. The van der Waals surface area contributed by atoms with Crippen molar-refractivity contribution in [2.45, 2.75) is 149 Å². The van der Waals surface area contributed by atoms with Crippen LogP contribution < -0.4 is 4.90 Å². The van der Waals surface area contributed by atoms with Crippen molar-refractivity contribution >= 4 is 5.69 Å². The average molecular weight is 442 g/mol. The van der Waals surface area contributed by atoms with Gasteiger partial charge in [-0.15, -0.1) is 0 Å². The minimum absolute atomic E-state index is 1.23. The number of rotatable bonds is 21. The number of nitrogens with zero attached hydrogens (tertiary/aromatic N) is 1. The molecule has 0 spiro atoms. The molecule has 0 saturated carbocycles. The van der Waals surface area contributed by atoms with Gasteiger partial charge in [0.1, 0.15) is 0 Å². The van der Waals surface area contributed by atoms with Crippen LogP contribution in [-0.2, 0) is 6.42 Å². The van der Waals surface area contributed by atoms with Gasteiger partial charge in [0.15, 0.2) is 0 Å². The Morgan fingerprint density at radius 3 is 1.50 bits per heavy atom. The van der Waals surface area contributed by atoms with Gasteiger partial charge in [-0.2, -0.15) is 0 Å². The molecule has 1 aliphatic heterocycles. The lowest BCUT2D eigenvalue weighted by Gasteiger charge is -2.19. The lowest BCUT2D eigenvalue weighted by Crippen LogP contribution is -2.21. The second-order valence-corrected chi connectivity index (χ2v) is 10.6. The van der Waals surface area contributed by atoms with E-state index in [4.69, 9.17) is 0 Å². The van der Waals surface area contributed by atoms with Crippen LogP contribution >= 0.6 is 0 Å². The van der Waals surface area contributed by atoms with E-state index in [1.807, 2.05) is 0 Å². The molecule has 0 amide bonds. The molecular weight excluding hydrogens is 386 g/mol. The van der Waals surface area contributed by atoms with E-state index in [0.29, 0.717) is 0 Å². The van der Waals surface area contributed by atoms with E-state index in [1.165, 1.54) is 159 Å². The first-order valence-electron chi connectivity index (χ1n) is 14.7. The fraction of sp³-hybridized carbons (Fsp3) is 0.806. The predicted octanol–water partition coefficient (Wildman–Crippen LogP) is 10.2. The first-order valence-corrected chi connectivity index (χ1v) is 14.7. The van der Waals surface area contributed by atoms with E-state index in [1.54, 1.807) is 5.56 Å². The van der Waals surface area contributed by atoms with Gasteiger partial charge >= 0.3 is 0 Å². The van der Waals surface area contributed by atoms with Crippen molar-refractivity contribution in [2.24, 2.45) is 0 Å². The summed E-state index contributed by atoms with van der Waals surface area (Å²) in [6.45, 7) is 7.01. The van der Waals surface area contributed by atoms with Gasteiger partial charge < -0.3 is 4.90 Å².